The molecule has 2 unspecified atom stereocenters. The Balaban J connectivity index is 2.01. The third kappa shape index (κ3) is 2.34. The molecule has 0 radical (unpaired) electrons. The molecule has 5 heteroatoms. The molecular formula is C14H19N3O2. The molecular weight excluding hydrogens is 242 g/mol. The number of fused-ring (bicyclic) bond motifs is 1. The maximum atomic E-state index is 12.1. The summed E-state index contributed by atoms with van der Waals surface area (Å²) in [5.74, 6) is 1.57. The molecule has 0 aromatic carbocycles. The van der Waals surface area contributed by atoms with Crippen molar-refractivity contribution in [1.82, 2.24) is 15.3 Å². The van der Waals surface area contributed by atoms with Crippen LogP contribution in [0, 0.1) is 5.92 Å². The predicted molar refractivity (Wildman–Crippen MR) is 69.9 cm³/mol. The van der Waals surface area contributed by atoms with Gasteiger partial charge in [-0.1, -0.05) is 6.92 Å². The minimum atomic E-state index is -0.320. The lowest BCUT2D eigenvalue weighted by atomic mass is 10.0. The molecule has 1 aliphatic heterocycles. The first kappa shape index (κ1) is 12.5. The predicted octanol–water partition coefficient (Wildman–Crippen LogP) is 1.42. The molecule has 5 nitrogen and oxygen atoms in total. The number of esters is 1. The summed E-state index contributed by atoms with van der Waals surface area (Å²) in [7, 11) is 0. The number of carbonyl (C=O) groups is 1. The van der Waals surface area contributed by atoms with Crippen molar-refractivity contribution in [1.29, 1.82) is 0 Å². The van der Waals surface area contributed by atoms with Crippen molar-refractivity contribution >= 4 is 5.97 Å². The van der Waals surface area contributed by atoms with Gasteiger partial charge in [-0.05, 0) is 19.3 Å². The van der Waals surface area contributed by atoms with Gasteiger partial charge in [-0.2, -0.15) is 0 Å². The summed E-state index contributed by atoms with van der Waals surface area (Å²) in [5.41, 5.74) is 2.40. The zero-order valence-electron chi connectivity index (χ0n) is 11.4. The molecule has 2 heterocycles. The molecule has 19 heavy (non-hydrogen) atoms. The minimum Gasteiger partial charge on any atom is -0.461 e. The SMILES string of the molecule is CCOC(=O)c1nc(C2CC2C)nc2c1CNCC2. The lowest BCUT2D eigenvalue weighted by Crippen LogP contribution is -2.28. The van der Waals surface area contributed by atoms with Crippen molar-refractivity contribution in [3.05, 3.63) is 22.8 Å². The number of nitrogens with zero attached hydrogens (tertiary/aromatic N) is 2. The Morgan fingerprint density at radius 1 is 1.47 bits per heavy atom. The van der Waals surface area contributed by atoms with Gasteiger partial charge in [0.2, 0.25) is 0 Å². The van der Waals surface area contributed by atoms with Crippen molar-refractivity contribution in [3.8, 4) is 0 Å². The lowest BCUT2D eigenvalue weighted by molar-refractivity contribution is 0.0516. The van der Waals surface area contributed by atoms with Gasteiger partial charge in [-0.25, -0.2) is 14.8 Å². The normalized spacial score (nSPS) is 24.7. The van der Waals surface area contributed by atoms with Crippen LogP contribution < -0.4 is 5.32 Å². The molecule has 1 aliphatic carbocycles. The van der Waals surface area contributed by atoms with Gasteiger partial charge in [0.05, 0.1) is 12.3 Å². The molecule has 3 rings (SSSR count). The summed E-state index contributed by atoms with van der Waals surface area (Å²) >= 11 is 0. The van der Waals surface area contributed by atoms with Crippen LogP contribution in [-0.4, -0.2) is 29.1 Å². The summed E-state index contributed by atoms with van der Waals surface area (Å²) < 4.78 is 5.12. The van der Waals surface area contributed by atoms with E-state index in [1.54, 1.807) is 0 Å². The zero-order chi connectivity index (χ0) is 13.4. The summed E-state index contributed by atoms with van der Waals surface area (Å²) in [4.78, 5) is 21.2. The van der Waals surface area contributed by atoms with Gasteiger partial charge in [0.15, 0.2) is 5.69 Å². The van der Waals surface area contributed by atoms with Crippen LogP contribution in [0.25, 0.3) is 0 Å². The highest BCUT2D eigenvalue weighted by molar-refractivity contribution is 5.89. The summed E-state index contributed by atoms with van der Waals surface area (Å²) in [6.07, 6.45) is 1.98. The molecule has 1 N–H and O–H groups in total. The Morgan fingerprint density at radius 2 is 2.26 bits per heavy atom. The highest BCUT2D eigenvalue weighted by Gasteiger charge is 2.38. The van der Waals surface area contributed by atoms with E-state index >= 15 is 0 Å². The smallest absolute Gasteiger partial charge is 0.357 e. The van der Waals surface area contributed by atoms with Crippen molar-refractivity contribution in [2.45, 2.75) is 39.2 Å². The van der Waals surface area contributed by atoms with Crippen molar-refractivity contribution < 1.29 is 9.53 Å². The molecule has 102 valence electrons. The van der Waals surface area contributed by atoms with E-state index in [4.69, 9.17) is 4.74 Å². The Labute approximate surface area is 112 Å². The largest absolute Gasteiger partial charge is 0.461 e. The lowest BCUT2D eigenvalue weighted by Gasteiger charge is -2.19. The van der Waals surface area contributed by atoms with Gasteiger partial charge < -0.3 is 10.1 Å². The van der Waals surface area contributed by atoms with Crippen LogP contribution >= 0.6 is 0 Å². The first-order valence-electron chi connectivity index (χ1n) is 6.98. The second-order valence-electron chi connectivity index (χ2n) is 5.32. The Bertz CT molecular complexity index is 516. The minimum absolute atomic E-state index is 0.320. The van der Waals surface area contributed by atoms with Gasteiger partial charge in [-0.15, -0.1) is 0 Å². The van der Waals surface area contributed by atoms with E-state index in [1.165, 1.54) is 0 Å². The van der Waals surface area contributed by atoms with E-state index in [1.807, 2.05) is 6.92 Å². The number of carbonyl (C=O) groups excluding carboxylic acids is 1. The third-order valence-corrected chi connectivity index (χ3v) is 3.86. The first-order valence-corrected chi connectivity index (χ1v) is 6.98. The molecule has 1 fully saturated rings. The van der Waals surface area contributed by atoms with Crippen molar-refractivity contribution in [2.75, 3.05) is 13.2 Å². The van der Waals surface area contributed by atoms with Crippen LogP contribution in [-0.2, 0) is 17.7 Å². The van der Waals surface area contributed by atoms with E-state index in [-0.39, 0.29) is 5.97 Å². The molecule has 1 aromatic rings. The second-order valence-corrected chi connectivity index (χ2v) is 5.32. The zero-order valence-corrected chi connectivity index (χ0v) is 11.4. The highest BCUT2D eigenvalue weighted by Crippen LogP contribution is 2.45. The third-order valence-electron chi connectivity index (χ3n) is 3.86. The molecule has 0 spiro atoms. The number of hydrogen-bond acceptors (Lipinski definition) is 5. The number of ether oxygens (including phenoxy) is 1. The maximum absolute atomic E-state index is 12.1. The van der Waals surface area contributed by atoms with Gasteiger partial charge in [-0.3, -0.25) is 0 Å². The Hall–Kier alpha value is -1.49. The van der Waals surface area contributed by atoms with E-state index in [9.17, 15) is 4.79 Å². The van der Waals surface area contributed by atoms with Gasteiger partial charge in [0.25, 0.3) is 0 Å². The van der Waals surface area contributed by atoms with E-state index in [0.717, 1.165) is 36.5 Å². The quantitative estimate of drug-likeness (QED) is 0.834. The van der Waals surface area contributed by atoms with Crippen LogP contribution in [0.2, 0.25) is 0 Å². The van der Waals surface area contributed by atoms with Crippen LogP contribution in [0.3, 0.4) is 0 Å². The van der Waals surface area contributed by atoms with E-state index in [0.29, 0.717) is 30.7 Å². The molecule has 1 saturated carbocycles. The number of aromatic nitrogens is 2. The molecule has 0 bridgehead atoms. The first-order chi connectivity index (χ1) is 9.20. The monoisotopic (exact) mass is 261 g/mol. The molecule has 0 amide bonds. The van der Waals surface area contributed by atoms with Gasteiger partial charge in [0.1, 0.15) is 5.82 Å². The molecule has 1 aromatic heterocycles. The standard InChI is InChI=1S/C14H19N3O2/c1-3-19-14(18)12-10-7-15-5-4-11(10)16-13(17-12)9-6-8(9)2/h8-9,15H,3-7H2,1-2H3. The van der Waals surface area contributed by atoms with E-state index < -0.39 is 0 Å². The van der Waals surface area contributed by atoms with Gasteiger partial charge in [0, 0.05) is 31.0 Å². The maximum Gasteiger partial charge on any atom is 0.357 e. The van der Waals surface area contributed by atoms with Crippen molar-refractivity contribution in [2.24, 2.45) is 5.92 Å². The fraction of sp³-hybridized carbons (Fsp3) is 0.643. The number of hydrogen-bond donors (Lipinski definition) is 1. The molecule has 2 atom stereocenters. The van der Waals surface area contributed by atoms with Crippen LogP contribution in [0.4, 0.5) is 0 Å². The average molecular weight is 261 g/mol. The van der Waals surface area contributed by atoms with Crippen LogP contribution in [0.1, 0.15) is 53.8 Å². The number of rotatable bonds is 3. The van der Waals surface area contributed by atoms with Gasteiger partial charge >= 0.3 is 5.97 Å². The molecule has 2 aliphatic rings. The fourth-order valence-electron chi connectivity index (χ4n) is 2.58. The Morgan fingerprint density at radius 3 is 2.95 bits per heavy atom. The highest BCUT2D eigenvalue weighted by atomic mass is 16.5. The van der Waals surface area contributed by atoms with Crippen LogP contribution in [0.5, 0.6) is 0 Å². The van der Waals surface area contributed by atoms with Crippen LogP contribution in [0.15, 0.2) is 0 Å². The van der Waals surface area contributed by atoms with Crippen molar-refractivity contribution in [3.63, 3.8) is 0 Å². The topological polar surface area (TPSA) is 64.1 Å². The summed E-state index contributed by atoms with van der Waals surface area (Å²) in [5, 5.41) is 3.26. The Kier molecular flexibility index (Phi) is 3.22. The summed E-state index contributed by atoms with van der Waals surface area (Å²) in [6, 6.07) is 0. The molecule has 0 saturated heterocycles. The fourth-order valence-corrected chi connectivity index (χ4v) is 2.58. The number of nitrogens with one attached hydrogen (secondary N) is 1. The van der Waals surface area contributed by atoms with E-state index in [2.05, 4.69) is 22.2 Å². The average Bonchev–Trinajstić information content (AvgIpc) is 3.15. The summed E-state index contributed by atoms with van der Waals surface area (Å²) in [6.45, 7) is 5.95. The second kappa shape index (κ2) is 4.89.